The number of rotatable bonds is 2. The fraction of sp³-hybridized carbons (Fsp3) is 0.316. The molecule has 0 spiro atoms. The first-order chi connectivity index (χ1) is 10.5. The molecule has 3 nitrogen and oxygen atoms in total. The van der Waals surface area contributed by atoms with Crippen molar-refractivity contribution in [3.05, 3.63) is 53.6 Å². The summed E-state index contributed by atoms with van der Waals surface area (Å²) in [6.45, 7) is 8.76. The van der Waals surface area contributed by atoms with E-state index in [-0.39, 0.29) is 6.17 Å². The Labute approximate surface area is 132 Å². The highest BCUT2D eigenvalue weighted by atomic mass is 15.4. The number of hydrogen-bond donors (Lipinski definition) is 0. The number of aryl methyl sites for hydroxylation is 1. The molecule has 0 saturated carbocycles. The molecular formula is C19H21N3. The largest absolute Gasteiger partial charge is 0.347 e. The quantitative estimate of drug-likeness (QED) is 0.811. The number of hydrogen-bond acceptors (Lipinski definition) is 3. The van der Waals surface area contributed by atoms with Crippen LogP contribution in [0.4, 0.5) is 17.1 Å². The van der Waals surface area contributed by atoms with Crippen LogP contribution in [-0.2, 0) is 0 Å². The zero-order valence-corrected chi connectivity index (χ0v) is 13.5. The summed E-state index contributed by atoms with van der Waals surface area (Å²) in [6.07, 6.45) is 0.227. The molecule has 1 aliphatic rings. The van der Waals surface area contributed by atoms with E-state index < -0.39 is 0 Å². The lowest BCUT2D eigenvalue weighted by Gasteiger charge is -2.33. The number of para-hydroxylation sites is 2. The molecule has 1 heterocycles. The van der Waals surface area contributed by atoms with Gasteiger partial charge in [0.1, 0.15) is 6.17 Å². The third kappa shape index (κ3) is 2.12. The van der Waals surface area contributed by atoms with Gasteiger partial charge in [0.05, 0.1) is 23.0 Å². The van der Waals surface area contributed by atoms with Crippen LogP contribution >= 0.6 is 0 Å². The SMILES string of the molecule is Cc1ccc(C#N)cc1N1c2ccccc2N(C(C)C)[C@H]1C. The molecule has 112 valence electrons. The highest BCUT2D eigenvalue weighted by Gasteiger charge is 2.35. The average molecular weight is 291 g/mol. The van der Waals surface area contributed by atoms with Gasteiger partial charge < -0.3 is 9.80 Å². The van der Waals surface area contributed by atoms with E-state index in [4.69, 9.17) is 0 Å². The van der Waals surface area contributed by atoms with Crippen LogP contribution in [0.3, 0.4) is 0 Å². The minimum Gasteiger partial charge on any atom is -0.347 e. The molecule has 0 aliphatic carbocycles. The summed E-state index contributed by atoms with van der Waals surface area (Å²) in [6, 6.07) is 17.1. The zero-order valence-electron chi connectivity index (χ0n) is 13.5. The van der Waals surface area contributed by atoms with Crippen molar-refractivity contribution in [3.8, 4) is 6.07 Å². The Bertz CT molecular complexity index is 743. The van der Waals surface area contributed by atoms with Crippen molar-refractivity contribution in [3.63, 3.8) is 0 Å². The molecule has 3 rings (SSSR count). The van der Waals surface area contributed by atoms with Crippen molar-refractivity contribution < 1.29 is 0 Å². The van der Waals surface area contributed by atoms with E-state index in [0.29, 0.717) is 11.6 Å². The van der Waals surface area contributed by atoms with Crippen molar-refractivity contribution in [2.45, 2.75) is 39.9 Å². The number of nitrogens with zero attached hydrogens (tertiary/aromatic N) is 3. The molecule has 3 heteroatoms. The summed E-state index contributed by atoms with van der Waals surface area (Å²) in [5, 5.41) is 9.22. The Morgan fingerprint density at radius 2 is 1.73 bits per heavy atom. The van der Waals surface area contributed by atoms with Crippen molar-refractivity contribution >= 4 is 17.1 Å². The molecule has 0 unspecified atom stereocenters. The van der Waals surface area contributed by atoms with E-state index in [2.05, 4.69) is 67.8 Å². The second kappa shape index (κ2) is 5.38. The number of nitriles is 1. The Hall–Kier alpha value is -2.47. The van der Waals surface area contributed by atoms with Gasteiger partial charge in [-0.25, -0.2) is 0 Å². The van der Waals surface area contributed by atoms with Gasteiger partial charge in [-0.05, 0) is 57.5 Å². The van der Waals surface area contributed by atoms with Crippen LogP contribution in [0.2, 0.25) is 0 Å². The second-order valence-electron chi connectivity index (χ2n) is 6.10. The van der Waals surface area contributed by atoms with Crippen LogP contribution in [0.1, 0.15) is 31.9 Å². The summed E-state index contributed by atoms with van der Waals surface area (Å²) >= 11 is 0. The molecule has 0 amide bonds. The standard InChI is InChI=1S/C19H21N3/c1-13(2)21-15(4)22(18-8-6-5-7-17(18)21)19-11-16(12-20)10-9-14(19)3/h5-11,13,15H,1-4H3/t15-/m1/s1. The third-order valence-electron chi connectivity index (χ3n) is 4.35. The molecule has 0 fully saturated rings. The van der Waals surface area contributed by atoms with Gasteiger partial charge in [-0.2, -0.15) is 5.26 Å². The van der Waals surface area contributed by atoms with E-state index in [1.807, 2.05) is 18.2 Å². The molecule has 1 atom stereocenters. The summed E-state index contributed by atoms with van der Waals surface area (Å²) in [5.41, 5.74) is 5.47. The summed E-state index contributed by atoms with van der Waals surface area (Å²) in [7, 11) is 0. The predicted molar refractivity (Wildman–Crippen MR) is 91.6 cm³/mol. The van der Waals surface area contributed by atoms with E-state index in [0.717, 1.165) is 5.69 Å². The normalized spacial score (nSPS) is 16.8. The molecule has 0 aromatic heterocycles. The molecule has 2 aromatic carbocycles. The zero-order chi connectivity index (χ0) is 15.9. The molecule has 0 N–H and O–H groups in total. The molecule has 0 radical (unpaired) electrons. The maximum Gasteiger partial charge on any atom is 0.104 e. The van der Waals surface area contributed by atoms with Gasteiger partial charge in [0.15, 0.2) is 0 Å². The van der Waals surface area contributed by atoms with Crippen LogP contribution < -0.4 is 9.80 Å². The summed E-state index contributed by atoms with van der Waals surface area (Å²) < 4.78 is 0. The predicted octanol–water partition coefficient (Wildman–Crippen LogP) is 4.58. The Morgan fingerprint density at radius 1 is 1.05 bits per heavy atom. The van der Waals surface area contributed by atoms with Crippen LogP contribution in [0.15, 0.2) is 42.5 Å². The van der Waals surface area contributed by atoms with Crippen LogP contribution in [0.5, 0.6) is 0 Å². The maximum absolute atomic E-state index is 9.22. The molecular weight excluding hydrogens is 270 g/mol. The number of benzene rings is 2. The average Bonchev–Trinajstić information content (AvgIpc) is 2.80. The van der Waals surface area contributed by atoms with E-state index in [1.165, 1.54) is 16.9 Å². The Morgan fingerprint density at radius 3 is 2.36 bits per heavy atom. The first-order valence-corrected chi connectivity index (χ1v) is 7.72. The van der Waals surface area contributed by atoms with Crippen LogP contribution in [0.25, 0.3) is 0 Å². The monoisotopic (exact) mass is 291 g/mol. The van der Waals surface area contributed by atoms with Gasteiger partial charge >= 0.3 is 0 Å². The lowest BCUT2D eigenvalue weighted by Crippen LogP contribution is -2.42. The number of anilines is 3. The van der Waals surface area contributed by atoms with Crippen molar-refractivity contribution in [1.82, 2.24) is 0 Å². The van der Waals surface area contributed by atoms with Crippen molar-refractivity contribution in [2.24, 2.45) is 0 Å². The van der Waals surface area contributed by atoms with Crippen molar-refractivity contribution in [1.29, 1.82) is 5.26 Å². The van der Waals surface area contributed by atoms with Gasteiger partial charge in [-0.15, -0.1) is 0 Å². The van der Waals surface area contributed by atoms with Gasteiger partial charge in [0.25, 0.3) is 0 Å². The molecule has 0 saturated heterocycles. The number of fused-ring (bicyclic) bond motifs is 1. The van der Waals surface area contributed by atoms with E-state index in [1.54, 1.807) is 0 Å². The minimum absolute atomic E-state index is 0.227. The fourth-order valence-corrected chi connectivity index (χ4v) is 3.39. The first kappa shape index (κ1) is 14.5. The van der Waals surface area contributed by atoms with E-state index in [9.17, 15) is 5.26 Å². The lowest BCUT2D eigenvalue weighted by molar-refractivity contribution is 0.606. The Balaban J connectivity index is 2.18. The Kier molecular flexibility index (Phi) is 3.54. The van der Waals surface area contributed by atoms with Crippen molar-refractivity contribution in [2.75, 3.05) is 9.80 Å². The second-order valence-corrected chi connectivity index (χ2v) is 6.10. The smallest absolute Gasteiger partial charge is 0.104 e. The highest BCUT2D eigenvalue weighted by molar-refractivity contribution is 5.85. The lowest BCUT2D eigenvalue weighted by atomic mass is 10.1. The van der Waals surface area contributed by atoms with Gasteiger partial charge in [0, 0.05) is 11.7 Å². The maximum atomic E-state index is 9.22. The van der Waals surface area contributed by atoms with Crippen LogP contribution in [0, 0.1) is 18.3 Å². The van der Waals surface area contributed by atoms with Crippen LogP contribution in [-0.4, -0.2) is 12.2 Å². The third-order valence-corrected chi connectivity index (χ3v) is 4.35. The summed E-state index contributed by atoms with van der Waals surface area (Å²) in [4.78, 5) is 4.76. The topological polar surface area (TPSA) is 30.3 Å². The first-order valence-electron chi connectivity index (χ1n) is 7.72. The molecule has 2 aromatic rings. The molecule has 22 heavy (non-hydrogen) atoms. The minimum atomic E-state index is 0.227. The fourth-order valence-electron chi connectivity index (χ4n) is 3.39. The molecule has 1 aliphatic heterocycles. The van der Waals surface area contributed by atoms with Gasteiger partial charge in [0.2, 0.25) is 0 Å². The van der Waals surface area contributed by atoms with Gasteiger partial charge in [-0.1, -0.05) is 18.2 Å². The van der Waals surface area contributed by atoms with E-state index >= 15 is 0 Å². The van der Waals surface area contributed by atoms with Gasteiger partial charge in [-0.3, -0.25) is 0 Å². The summed E-state index contributed by atoms with van der Waals surface area (Å²) in [5.74, 6) is 0. The molecule has 0 bridgehead atoms. The highest BCUT2D eigenvalue weighted by Crippen LogP contribution is 2.45.